The number of ketones is 1. The van der Waals surface area contributed by atoms with Crippen LogP contribution in [0, 0.1) is 11.8 Å². The molecule has 0 radical (unpaired) electrons. The van der Waals surface area contributed by atoms with Crippen molar-refractivity contribution in [1.82, 2.24) is 10.6 Å². The molecule has 0 aromatic heterocycles. The molecule has 24 heavy (non-hydrogen) atoms. The number of Topliss-reactive ketones (excluding diaryl/α,β-unsaturated/α-hetero) is 1. The van der Waals surface area contributed by atoms with Crippen molar-refractivity contribution in [2.75, 3.05) is 7.05 Å². The van der Waals surface area contributed by atoms with Crippen LogP contribution in [0.3, 0.4) is 0 Å². The zero-order valence-corrected chi connectivity index (χ0v) is 16.8. The molecule has 1 amide bonds. The summed E-state index contributed by atoms with van der Waals surface area (Å²) in [6.07, 6.45) is 8.85. The molecule has 0 aliphatic carbocycles. The van der Waals surface area contributed by atoms with Crippen molar-refractivity contribution in [1.29, 1.82) is 0 Å². The Bertz CT molecular complexity index is 358. The maximum atomic E-state index is 11.4. The van der Waals surface area contributed by atoms with E-state index in [1.165, 1.54) is 6.42 Å². The first-order chi connectivity index (χ1) is 11.5. The molecule has 0 unspecified atom stereocenters. The Kier molecular flexibility index (Phi) is 12.9. The molecule has 1 heterocycles. The van der Waals surface area contributed by atoms with Gasteiger partial charge in [0.2, 0.25) is 5.91 Å². The Hall–Kier alpha value is -0.900. The van der Waals surface area contributed by atoms with Crippen molar-refractivity contribution in [2.24, 2.45) is 11.8 Å². The van der Waals surface area contributed by atoms with E-state index >= 15 is 0 Å². The molecule has 142 valence electrons. The van der Waals surface area contributed by atoms with Crippen molar-refractivity contribution >= 4 is 11.7 Å². The molecule has 0 spiro atoms. The average molecular weight is 341 g/mol. The van der Waals surface area contributed by atoms with Crippen LogP contribution in [0.4, 0.5) is 0 Å². The van der Waals surface area contributed by atoms with E-state index in [1.807, 2.05) is 7.05 Å². The molecule has 1 rings (SSSR count). The van der Waals surface area contributed by atoms with E-state index in [9.17, 15) is 9.59 Å². The first-order valence-electron chi connectivity index (χ1n) is 9.94. The number of amides is 1. The van der Waals surface area contributed by atoms with Gasteiger partial charge in [0.15, 0.2) is 0 Å². The monoisotopic (exact) mass is 340 g/mol. The Morgan fingerprint density at radius 2 is 1.62 bits per heavy atom. The summed E-state index contributed by atoms with van der Waals surface area (Å²) >= 11 is 0. The quantitative estimate of drug-likeness (QED) is 0.557. The SMILES string of the molecule is CCC[C@@H]1NC(=O)[C@H]1CCC.CCC[C@H](NC)[C@H](CCC)C(C)=O. The number of rotatable bonds is 11. The van der Waals surface area contributed by atoms with Crippen LogP contribution < -0.4 is 10.6 Å². The summed E-state index contributed by atoms with van der Waals surface area (Å²) < 4.78 is 0. The molecule has 1 saturated heterocycles. The van der Waals surface area contributed by atoms with Crippen molar-refractivity contribution in [3.8, 4) is 0 Å². The standard InChI is InChI=1S/C11H23NO.C9H17NO/c1-5-7-10(9(3)13)11(12-4)8-6-2;1-3-5-7-8(6-4-2)10-9(7)11/h10-12H,5-8H2,1-4H3;7-8H,3-6H2,1-2H3,(H,10,11)/t10-,11+;7-,8-/m10/s1. The van der Waals surface area contributed by atoms with E-state index in [4.69, 9.17) is 0 Å². The van der Waals surface area contributed by atoms with E-state index in [-0.39, 0.29) is 11.8 Å². The lowest BCUT2D eigenvalue weighted by Crippen LogP contribution is -2.57. The molecule has 0 aromatic carbocycles. The van der Waals surface area contributed by atoms with Gasteiger partial charge in [0.1, 0.15) is 5.78 Å². The highest BCUT2D eigenvalue weighted by Crippen LogP contribution is 2.23. The molecule has 4 heteroatoms. The molecule has 2 N–H and O–H groups in total. The topological polar surface area (TPSA) is 58.2 Å². The maximum absolute atomic E-state index is 11.4. The third kappa shape index (κ3) is 7.78. The van der Waals surface area contributed by atoms with Crippen molar-refractivity contribution in [2.45, 2.75) is 98.1 Å². The van der Waals surface area contributed by atoms with Gasteiger partial charge in [0.05, 0.1) is 5.92 Å². The summed E-state index contributed by atoms with van der Waals surface area (Å²) in [6, 6.07) is 0.870. The van der Waals surface area contributed by atoms with Crippen LogP contribution in [0.5, 0.6) is 0 Å². The highest BCUT2D eigenvalue weighted by atomic mass is 16.2. The smallest absolute Gasteiger partial charge is 0.225 e. The number of β-lactam (4-membered cyclic amide) rings is 1. The first kappa shape index (κ1) is 23.1. The Labute approximate surface area is 149 Å². The van der Waals surface area contributed by atoms with E-state index < -0.39 is 0 Å². The second-order valence-electron chi connectivity index (χ2n) is 6.99. The molecule has 4 nitrogen and oxygen atoms in total. The lowest BCUT2D eigenvalue weighted by Gasteiger charge is -2.36. The summed E-state index contributed by atoms with van der Waals surface area (Å²) in [5.41, 5.74) is 0. The van der Waals surface area contributed by atoms with Crippen LogP contribution in [0.15, 0.2) is 0 Å². The molecule has 4 atom stereocenters. The predicted molar refractivity (Wildman–Crippen MR) is 102 cm³/mol. The minimum atomic E-state index is 0.218. The summed E-state index contributed by atoms with van der Waals surface area (Å²) in [6.45, 7) is 10.3. The number of hydrogen-bond acceptors (Lipinski definition) is 3. The van der Waals surface area contributed by atoms with E-state index in [2.05, 4.69) is 38.3 Å². The fourth-order valence-electron chi connectivity index (χ4n) is 3.56. The largest absolute Gasteiger partial charge is 0.352 e. The normalized spacial score (nSPS) is 21.8. The second-order valence-corrected chi connectivity index (χ2v) is 6.99. The van der Waals surface area contributed by atoms with Crippen LogP contribution in [0.2, 0.25) is 0 Å². The minimum Gasteiger partial charge on any atom is -0.352 e. The Morgan fingerprint density at radius 3 is 2.00 bits per heavy atom. The molecule has 0 saturated carbocycles. The van der Waals surface area contributed by atoms with Gasteiger partial charge in [0, 0.05) is 18.0 Å². The Balaban J connectivity index is 0.000000446. The van der Waals surface area contributed by atoms with Crippen LogP contribution in [0.25, 0.3) is 0 Å². The summed E-state index contributed by atoms with van der Waals surface area (Å²) in [5, 5.41) is 6.19. The lowest BCUT2D eigenvalue weighted by atomic mass is 9.84. The fourth-order valence-corrected chi connectivity index (χ4v) is 3.56. The van der Waals surface area contributed by atoms with Gasteiger partial charge in [-0.05, 0) is 39.7 Å². The number of hydrogen-bond donors (Lipinski definition) is 2. The van der Waals surface area contributed by atoms with E-state index in [0.717, 1.165) is 44.9 Å². The molecule has 0 aromatic rings. The van der Waals surface area contributed by atoms with Gasteiger partial charge >= 0.3 is 0 Å². The van der Waals surface area contributed by atoms with E-state index in [0.29, 0.717) is 23.8 Å². The van der Waals surface area contributed by atoms with Gasteiger partial charge in [-0.2, -0.15) is 0 Å². The molecule has 1 aliphatic heterocycles. The molecule has 1 fully saturated rings. The number of carbonyl (C=O) groups is 2. The molecule has 0 bridgehead atoms. The highest BCUT2D eigenvalue weighted by Gasteiger charge is 2.36. The van der Waals surface area contributed by atoms with Gasteiger partial charge in [-0.15, -0.1) is 0 Å². The fraction of sp³-hybridized carbons (Fsp3) is 0.900. The summed E-state index contributed by atoms with van der Waals surface area (Å²) in [5.74, 6) is 1.15. The van der Waals surface area contributed by atoms with Gasteiger partial charge in [-0.1, -0.05) is 53.4 Å². The number of carbonyl (C=O) groups excluding carboxylic acids is 2. The van der Waals surface area contributed by atoms with Crippen LogP contribution >= 0.6 is 0 Å². The maximum Gasteiger partial charge on any atom is 0.225 e. The van der Waals surface area contributed by atoms with Gasteiger partial charge < -0.3 is 10.6 Å². The molecular formula is C20H40N2O2. The van der Waals surface area contributed by atoms with Gasteiger partial charge in [-0.25, -0.2) is 0 Å². The zero-order chi connectivity index (χ0) is 18.5. The van der Waals surface area contributed by atoms with E-state index in [1.54, 1.807) is 6.92 Å². The Morgan fingerprint density at radius 1 is 1.04 bits per heavy atom. The third-order valence-electron chi connectivity index (χ3n) is 4.93. The summed E-state index contributed by atoms with van der Waals surface area (Å²) in [7, 11) is 1.95. The average Bonchev–Trinajstić information content (AvgIpc) is 2.56. The van der Waals surface area contributed by atoms with Gasteiger partial charge in [0.25, 0.3) is 0 Å². The highest BCUT2D eigenvalue weighted by molar-refractivity contribution is 5.85. The predicted octanol–water partition coefficient (Wildman–Crippen LogP) is 4.08. The second kappa shape index (κ2) is 13.4. The molecular weight excluding hydrogens is 300 g/mol. The van der Waals surface area contributed by atoms with Crippen molar-refractivity contribution in [3.05, 3.63) is 0 Å². The third-order valence-corrected chi connectivity index (χ3v) is 4.93. The van der Waals surface area contributed by atoms with Crippen LogP contribution in [-0.2, 0) is 9.59 Å². The first-order valence-corrected chi connectivity index (χ1v) is 9.94. The van der Waals surface area contributed by atoms with Crippen molar-refractivity contribution < 1.29 is 9.59 Å². The summed E-state index contributed by atoms with van der Waals surface area (Å²) in [4.78, 5) is 22.4. The minimum absolute atomic E-state index is 0.218. The van der Waals surface area contributed by atoms with Gasteiger partial charge in [-0.3, -0.25) is 9.59 Å². The lowest BCUT2D eigenvalue weighted by molar-refractivity contribution is -0.135. The number of nitrogens with one attached hydrogen (secondary N) is 2. The molecule has 1 aliphatic rings. The van der Waals surface area contributed by atoms with Crippen molar-refractivity contribution in [3.63, 3.8) is 0 Å². The van der Waals surface area contributed by atoms with Crippen LogP contribution in [-0.4, -0.2) is 30.8 Å². The zero-order valence-electron chi connectivity index (χ0n) is 16.8. The van der Waals surface area contributed by atoms with Crippen LogP contribution in [0.1, 0.15) is 86.0 Å².